The zero-order chi connectivity index (χ0) is 14.7. The second-order valence-corrected chi connectivity index (χ2v) is 6.84. The number of benzene rings is 2. The highest BCUT2D eigenvalue weighted by Crippen LogP contribution is 2.34. The van der Waals surface area contributed by atoms with Crippen molar-refractivity contribution in [2.45, 2.75) is 12.8 Å². The molecule has 0 aromatic heterocycles. The van der Waals surface area contributed by atoms with Crippen LogP contribution in [0.4, 0.5) is 0 Å². The fraction of sp³-hybridized carbons (Fsp3) is 0.188. The zero-order valence-corrected chi connectivity index (χ0v) is 15.5. The second kappa shape index (κ2) is 6.89. The molecule has 4 heteroatoms. The van der Waals surface area contributed by atoms with E-state index in [-0.39, 0.29) is 5.92 Å². The Balaban J connectivity index is 2.64. The molecule has 0 aliphatic rings. The molecular formula is C16H14I2O2. The maximum Gasteiger partial charge on any atom is 0.127 e. The summed E-state index contributed by atoms with van der Waals surface area (Å²) in [5.41, 5.74) is 3.25. The smallest absolute Gasteiger partial charge is 0.127 e. The molecule has 2 aromatic carbocycles. The fourth-order valence-electron chi connectivity index (χ4n) is 2.00. The van der Waals surface area contributed by atoms with Crippen LogP contribution in [0, 0.1) is 7.14 Å². The molecule has 2 aromatic rings. The number of rotatable bonds is 4. The highest BCUT2D eigenvalue weighted by atomic mass is 127. The van der Waals surface area contributed by atoms with Gasteiger partial charge in [0.1, 0.15) is 12.0 Å². The van der Waals surface area contributed by atoms with E-state index in [2.05, 4.69) is 63.4 Å². The number of methoxy groups -OCH3 is 1. The Hall–Kier alpha value is -0.630. The summed E-state index contributed by atoms with van der Waals surface area (Å²) in [6.07, 6.45) is 0.958. The second-order valence-electron chi connectivity index (χ2n) is 4.52. The summed E-state index contributed by atoms with van der Waals surface area (Å²) in [5.74, 6) is 0.643. The molecule has 0 saturated heterocycles. The number of carbonyl (C=O) groups is 1. The molecule has 0 spiro atoms. The van der Waals surface area contributed by atoms with Crippen LogP contribution in [0.25, 0.3) is 11.1 Å². The van der Waals surface area contributed by atoms with E-state index in [1.165, 1.54) is 12.7 Å². The Bertz CT molecular complexity index is 618. The van der Waals surface area contributed by atoms with Gasteiger partial charge in [-0.1, -0.05) is 19.1 Å². The van der Waals surface area contributed by atoms with E-state index in [0.717, 1.165) is 23.2 Å². The maximum absolute atomic E-state index is 11.0. The zero-order valence-electron chi connectivity index (χ0n) is 11.2. The summed E-state index contributed by atoms with van der Waals surface area (Å²) in [4.78, 5) is 11.0. The number of hydrogen-bond acceptors (Lipinski definition) is 2. The molecule has 0 bridgehead atoms. The molecule has 0 N–H and O–H groups in total. The van der Waals surface area contributed by atoms with Crippen LogP contribution in [-0.2, 0) is 4.79 Å². The highest BCUT2D eigenvalue weighted by Gasteiger charge is 2.12. The van der Waals surface area contributed by atoms with Gasteiger partial charge in [0.2, 0.25) is 0 Å². The van der Waals surface area contributed by atoms with Crippen LogP contribution in [0.3, 0.4) is 0 Å². The first kappa shape index (κ1) is 15.8. The van der Waals surface area contributed by atoms with Gasteiger partial charge >= 0.3 is 0 Å². The van der Waals surface area contributed by atoms with Crippen molar-refractivity contribution < 1.29 is 9.53 Å². The van der Waals surface area contributed by atoms with Gasteiger partial charge in [-0.3, -0.25) is 0 Å². The number of aldehydes is 1. The van der Waals surface area contributed by atoms with E-state index < -0.39 is 0 Å². The lowest BCUT2D eigenvalue weighted by atomic mass is 9.96. The summed E-state index contributed by atoms with van der Waals surface area (Å²) in [7, 11) is 1.65. The first-order valence-electron chi connectivity index (χ1n) is 6.15. The van der Waals surface area contributed by atoms with Gasteiger partial charge in [0, 0.05) is 18.6 Å². The van der Waals surface area contributed by atoms with E-state index in [1.807, 2.05) is 25.1 Å². The van der Waals surface area contributed by atoms with Gasteiger partial charge in [0.05, 0.1) is 7.11 Å². The third-order valence-electron chi connectivity index (χ3n) is 3.15. The molecule has 0 fully saturated rings. The average Bonchev–Trinajstić information content (AvgIpc) is 2.45. The number of carbonyl (C=O) groups excluding carboxylic acids is 1. The molecule has 2 rings (SSSR count). The van der Waals surface area contributed by atoms with Crippen molar-refractivity contribution in [3.63, 3.8) is 0 Å². The van der Waals surface area contributed by atoms with Gasteiger partial charge in [0.25, 0.3) is 0 Å². The maximum atomic E-state index is 11.0. The minimum Gasteiger partial charge on any atom is -0.497 e. The Kier molecular flexibility index (Phi) is 5.42. The normalized spacial score (nSPS) is 12.0. The predicted octanol–water partition coefficient (Wildman–Crippen LogP) is 4.87. The minimum atomic E-state index is -0.136. The highest BCUT2D eigenvalue weighted by molar-refractivity contribution is 14.1. The number of halogens is 2. The summed E-state index contributed by atoms with van der Waals surface area (Å²) in [6, 6.07) is 12.2. The van der Waals surface area contributed by atoms with Crippen molar-refractivity contribution in [2.24, 2.45) is 0 Å². The van der Waals surface area contributed by atoms with E-state index >= 15 is 0 Å². The fourth-order valence-corrected chi connectivity index (χ4v) is 4.13. The number of hydrogen-bond donors (Lipinski definition) is 0. The predicted molar refractivity (Wildman–Crippen MR) is 98.3 cm³/mol. The van der Waals surface area contributed by atoms with E-state index in [1.54, 1.807) is 7.11 Å². The van der Waals surface area contributed by atoms with Crippen LogP contribution in [0.5, 0.6) is 5.75 Å². The number of ether oxygens (including phenoxy) is 1. The Morgan fingerprint density at radius 2 is 1.80 bits per heavy atom. The van der Waals surface area contributed by atoms with Crippen molar-refractivity contribution in [3.8, 4) is 16.9 Å². The molecule has 20 heavy (non-hydrogen) atoms. The summed E-state index contributed by atoms with van der Waals surface area (Å²) in [6.45, 7) is 1.90. The molecule has 0 amide bonds. The van der Waals surface area contributed by atoms with Gasteiger partial charge in [0.15, 0.2) is 0 Å². The van der Waals surface area contributed by atoms with Gasteiger partial charge in [-0.25, -0.2) is 0 Å². The van der Waals surface area contributed by atoms with Gasteiger partial charge in [-0.2, -0.15) is 0 Å². The lowest BCUT2D eigenvalue weighted by molar-refractivity contribution is -0.108. The Labute approximate surface area is 146 Å². The van der Waals surface area contributed by atoms with E-state index in [0.29, 0.717) is 0 Å². The summed E-state index contributed by atoms with van der Waals surface area (Å²) >= 11 is 4.67. The monoisotopic (exact) mass is 492 g/mol. The molecular weight excluding hydrogens is 478 g/mol. The van der Waals surface area contributed by atoms with Crippen molar-refractivity contribution in [2.75, 3.05) is 7.11 Å². The van der Waals surface area contributed by atoms with Crippen LogP contribution in [0.2, 0.25) is 0 Å². The van der Waals surface area contributed by atoms with Crippen LogP contribution in [0.1, 0.15) is 18.4 Å². The summed E-state index contributed by atoms with van der Waals surface area (Å²) in [5, 5.41) is 0. The molecule has 1 atom stereocenters. The first-order chi connectivity index (χ1) is 9.56. The first-order valence-corrected chi connectivity index (χ1v) is 8.31. The van der Waals surface area contributed by atoms with Gasteiger partial charge in [-0.05, 0) is 80.6 Å². The molecule has 0 saturated carbocycles. The van der Waals surface area contributed by atoms with Crippen molar-refractivity contribution in [1.29, 1.82) is 0 Å². The third kappa shape index (κ3) is 3.33. The minimum absolute atomic E-state index is 0.136. The van der Waals surface area contributed by atoms with Crippen LogP contribution in [0.15, 0.2) is 36.4 Å². The largest absolute Gasteiger partial charge is 0.497 e. The van der Waals surface area contributed by atoms with Crippen molar-refractivity contribution in [1.82, 2.24) is 0 Å². The molecule has 0 heterocycles. The van der Waals surface area contributed by atoms with Crippen molar-refractivity contribution in [3.05, 3.63) is 49.1 Å². The quantitative estimate of drug-likeness (QED) is 0.450. The lowest BCUT2D eigenvalue weighted by Crippen LogP contribution is -1.97. The SMILES string of the molecule is COc1cc(-c2c(I)cccc2I)cc(C(C)C=O)c1. The Morgan fingerprint density at radius 3 is 2.35 bits per heavy atom. The van der Waals surface area contributed by atoms with Crippen LogP contribution >= 0.6 is 45.2 Å². The third-order valence-corrected chi connectivity index (χ3v) is 4.94. The molecule has 0 radical (unpaired) electrons. The van der Waals surface area contributed by atoms with Gasteiger partial charge < -0.3 is 9.53 Å². The van der Waals surface area contributed by atoms with E-state index in [4.69, 9.17) is 4.74 Å². The Morgan fingerprint density at radius 1 is 1.15 bits per heavy atom. The molecule has 2 nitrogen and oxygen atoms in total. The molecule has 0 aliphatic carbocycles. The molecule has 104 valence electrons. The van der Waals surface area contributed by atoms with E-state index in [9.17, 15) is 4.79 Å². The topological polar surface area (TPSA) is 26.3 Å². The lowest BCUT2D eigenvalue weighted by Gasteiger charge is -2.13. The molecule has 1 unspecified atom stereocenters. The average molecular weight is 492 g/mol. The molecule has 0 aliphatic heterocycles. The van der Waals surface area contributed by atoms with Crippen LogP contribution < -0.4 is 4.74 Å². The standard InChI is InChI=1S/C16H14I2O2/c1-10(9-19)11-6-12(8-13(7-11)20-2)16-14(17)4-3-5-15(16)18/h3-10H,1-2H3. The summed E-state index contributed by atoms with van der Waals surface area (Å²) < 4.78 is 7.75. The van der Waals surface area contributed by atoms with Crippen molar-refractivity contribution >= 4 is 51.5 Å². The van der Waals surface area contributed by atoms with Gasteiger partial charge in [-0.15, -0.1) is 0 Å². The van der Waals surface area contributed by atoms with Crippen LogP contribution in [-0.4, -0.2) is 13.4 Å².